The van der Waals surface area contributed by atoms with Gasteiger partial charge in [-0.3, -0.25) is 4.79 Å². The zero-order valence-electron chi connectivity index (χ0n) is 8.71. The summed E-state index contributed by atoms with van der Waals surface area (Å²) in [7, 11) is 0. The van der Waals surface area contributed by atoms with Crippen LogP contribution in [0.3, 0.4) is 0 Å². The summed E-state index contributed by atoms with van der Waals surface area (Å²) in [6.07, 6.45) is 1.69. The molecule has 0 spiro atoms. The van der Waals surface area contributed by atoms with Gasteiger partial charge in [0.1, 0.15) is 0 Å². The number of benzene rings is 1. The molecule has 0 atom stereocenters. The Bertz CT molecular complexity index is 371. The monoisotopic (exact) mass is 189 g/mol. The molecule has 1 aromatic carbocycles. The molecule has 1 aliphatic rings. The van der Waals surface area contributed by atoms with E-state index in [0.717, 1.165) is 18.7 Å². The number of hydrogen-bond acceptors (Lipinski definition) is 1. The number of aryl methyl sites for hydroxylation is 2. The average molecular weight is 189 g/mol. The van der Waals surface area contributed by atoms with E-state index in [2.05, 4.69) is 26.0 Å². The van der Waals surface area contributed by atoms with Gasteiger partial charge in [0, 0.05) is 18.7 Å². The molecule has 0 radical (unpaired) electrons. The Labute approximate surface area is 84.5 Å². The van der Waals surface area contributed by atoms with Gasteiger partial charge in [0.2, 0.25) is 5.91 Å². The SMILES string of the molecule is Cc1ccc(N2CCCC2=O)cc1C. The molecule has 2 heteroatoms. The maximum absolute atomic E-state index is 11.5. The number of nitrogens with zero attached hydrogens (tertiary/aromatic N) is 1. The fraction of sp³-hybridized carbons (Fsp3) is 0.417. The third-order valence-electron chi connectivity index (χ3n) is 2.88. The summed E-state index contributed by atoms with van der Waals surface area (Å²) in [6, 6.07) is 6.21. The summed E-state index contributed by atoms with van der Waals surface area (Å²) >= 11 is 0. The van der Waals surface area contributed by atoms with Crippen LogP contribution in [0.25, 0.3) is 0 Å². The van der Waals surface area contributed by atoms with E-state index in [-0.39, 0.29) is 5.91 Å². The van der Waals surface area contributed by atoms with Gasteiger partial charge < -0.3 is 4.90 Å². The van der Waals surface area contributed by atoms with Crippen molar-refractivity contribution in [2.45, 2.75) is 26.7 Å². The van der Waals surface area contributed by atoms with Crippen LogP contribution in [-0.2, 0) is 4.79 Å². The minimum Gasteiger partial charge on any atom is -0.312 e. The normalized spacial score (nSPS) is 16.4. The second-order valence-corrected chi connectivity index (χ2v) is 3.92. The molecule has 1 fully saturated rings. The molecule has 14 heavy (non-hydrogen) atoms. The van der Waals surface area contributed by atoms with Crippen molar-refractivity contribution in [1.82, 2.24) is 0 Å². The Morgan fingerprint density at radius 3 is 2.57 bits per heavy atom. The molecule has 0 unspecified atom stereocenters. The van der Waals surface area contributed by atoms with E-state index in [1.165, 1.54) is 11.1 Å². The van der Waals surface area contributed by atoms with Crippen LogP contribution in [0.2, 0.25) is 0 Å². The summed E-state index contributed by atoms with van der Waals surface area (Å²) in [5, 5.41) is 0. The largest absolute Gasteiger partial charge is 0.312 e. The third-order valence-corrected chi connectivity index (χ3v) is 2.88. The van der Waals surface area contributed by atoms with Crippen LogP contribution in [-0.4, -0.2) is 12.5 Å². The smallest absolute Gasteiger partial charge is 0.227 e. The summed E-state index contributed by atoms with van der Waals surface area (Å²) in [6.45, 7) is 5.05. The van der Waals surface area contributed by atoms with Crippen LogP contribution in [0.4, 0.5) is 5.69 Å². The van der Waals surface area contributed by atoms with E-state index in [1.807, 2.05) is 11.0 Å². The zero-order chi connectivity index (χ0) is 10.1. The van der Waals surface area contributed by atoms with E-state index in [9.17, 15) is 4.79 Å². The van der Waals surface area contributed by atoms with Crippen LogP contribution in [0, 0.1) is 13.8 Å². The van der Waals surface area contributed by atoms with E-state index in [1.54, 1.807) is 0 Å². The lowest BCUT2D eigenvalue weighted by Gasteiger charge is -2.16. The second-order valence-electron chi connectivity index (χ2n) is 3.92. The van der Waals surface area contributed by atoms with Gasteiger partial charge in [0.05, 0.1) is 0 Å². The molecule has 1 aliphatic heterocycles. The number of carbonyl (C=O) groups is 1. The number of hydrogen-bond donors (Lipinski definition) is 0. The molecule has 0 aromatic heterocycles. The van der Waals surface area contributed by atoms with Gasteiger partial charge in [-0.05, 0) is 43.5 Å². The Morgan fingerprint density at radius 2 is 2.00 bits per heavy atom. The van der Waals surface area contributed by atoms with Crippen LogP contribution in [0.5, 0.6) is 0 Å². The van der Waals surface area contributed by atoms with Crippen molar-refractivity contribution in [3.05, 3.63) is 29.3 Å². The van der Waals surface area contributed by atoms with Crippen molar-refractivity contribution in [2.24, 2.45) is 0 Å². The van der Waals surface area contributed by atoms with Gasteiger partial charge in [-0.25, -0.2) is 0 Å². The van der Waals surface area contributed by atoms with Gasteiger partial charge in [0.15, 0.2) is 0 Å². The predicted octanol–water partition coefficient (Wildman–Crippen LogP) is 2.43. The van der Waals surface area contributed by atoms with E-state index < -0.39 is 0 Å². The lowest BCUT2D eigenvalue weighted by atomic mass is 10.1. The van der Waals surface area contributed by atoms with Crippen molar-refractivity contribution in [2.75, 3.05) is 11.4 Å². The first kappa shape index (κ1) is 9.25. The van der Waals surface area contributed by atoms with Gasteiger partial charge in [-0.2, -0.15) is 0 Å². The standard InChI is InChI=1S/C12H15NO/c1-9-5-6-11(8-10(9)2)13-7-3-4-12(13)14/h5-6,8H,3-4,7H2,1-2H3. The van der Waals surface area contributed by atoms with Gasteiger partial charge in [0.25, 0.3) is 0 Å². The predicted molar refractivity (Wildman–Crippen MR) is 57.5 cm³/mol. The highest BCUT2D eigenvalue weighted by Crippen LogP contribution is 2.23. The van der Waals surface area contributed by atoms with Crippen molar-refractivity contribution < 1.29 is 4.79 Å². The fourth-order valence-corrected chi connectivity index (χ4v) is 1.81. The molecule has 0 aliphatic carbocycles. The van der Waals surface area contributed by atoms with E-state index in [0.29, 0.717) is 6.42 Å². The quantitative estimate of drug-likeness (QED) is 0.664. The Hall–Kier alpha value is -1.31. The number of carbonyl (C=O) groups excluding carboxylic acids is 1. The van der Waals surface area contributed by atoms with Crippen LogP contribution < -0.4 is 4.90 Å². The minimum absolute atomic E-state index is 0.258. The maximum atomic E-state index is 11.5. The molecule has 2 nitrogen and oxygen atoms in total. The summed E-state index contributed by atoms with van der Waals surface area (Å²) < 4.78 is 0. The first-order valence-corrected chi connectivity index (χ1v) is 5.06. The van der Waals surface area contributed by atoms with Gasteiger partial charge >= 0.3 is 0 Å². The van der Waals surface area contributed by atoms with Gasteiger partial charge in [-0.15, -0.1) is 0 Å². The van der Waals surface area contributed by atoms with Crippen LogP contribution in [0.1, 0.15) is 24.0 Å². The number of rotatable bonds is 1. The molecule has 2 rings (SSSR count). The molecule has 0 saturated carbocycles. The summed E-state index contributed by atoms with van der Waals surface area (Å²) in [5.74, 6) is 0.258. The molecule has 1 heterocycles. The molecule has 1 amide bonds. The van der Waals surface area contributed by atoms with Crippen molar-refractivity contribution in [3.63, 3.8) is 0 Å². The molecule has 1 aromatic rings. The van der Waals surface area contributed by atoms with Crippen LogP contribution in [0.15, 0.2) is 18.2 Å². The maximum Gasteiger partial charge on any atom is 0.227 e. The highest BCUT2D eigenvalue weighted by atomic mass is 16.2. The first-order valence-electron chi connectivity index (χ1n) is 5.06. The Kier molecular flexibility index (Phi) is 2.28. The van der Waals surface area contributed by atoms with E-state index in [4.69, 9.17) is 0 Å². The van der Waals surface area contributed by atoms with Crippen LogP contribution >= 0.6 is 0 Å². The van der Waals surface area contributed by atoms with Crippen molar-refractivity contribution >= 4 is 11.6 Å². The van der Waals surface area contributed by atoms with E-state index >= 15 is 0 Å². The fourth-order valence-electron chi connectivity index (χ4n) is 1.81. The summed E-state index contributed by atoms with van der Waals surface area (Å²) in [4.78, 5) is 13.4. The zero-order valence-corrected chi connectivity index (χ0v) is 8.71. The number of amides is 1. The molecular formula is C12H15NO. The third kappa shape index (κ3) is 1.52. The molecular weight excluding hydrogens is 174 g/mol. The Morgan fingerprint density at radius 1 is 1.21 bits per heavy atom. The first-order chi connectivity index (χ1) is 6.68. The minimum atomic E-state index is 0.258. The highest BCUT2D eigenvalue weighted by Gasteiger charge is 2.21. The number of anilines is 1. The van der Waals surface area contributed by atoms with Crippen molar-refractivity contribution in [1.29, 1.82) is 0 Å². The lowest BCUT2D eigenvalue weighted by molar-refractivity contribution is -0.117. The topological polar surface area (TPSA) is 20.3 Å². The van der Waals surface area contributed by atoms with Gasteiger partial charge in [-0.1, -0.05) is 6.07 Å². The van der Waals surface area contributed by atoms with Crippen molar-refractivity contribution in [3.8, 4) is 0 Å². The lowest BCUT2D eigenvalue weighted by Crippen LogP contribution is -2.23. The molecule has 0 bridgehead atoms. The second kappa shape index (κ2) is 3.45. The molecule has 1 saturated heterocycles. The highest BCUT2D eigenvalue weighted by molar-refractivity contribution is 5.95. The average Bonchev–Trinajstić information content (AvgIpc) is 2.57. The summed E-state index contributed by atoms with van der Waals surface area (Å²) in [5.41, 5.74) is 3.58. The molecule has 74 valence electrons. The molecule has 0 N–H and O–H groups in total. The Balaban J connectivity index is 2.32.